The molecule has 24 heavy (non-hydrogen) atoms. The third kappa shape index (κ3) is 3.58. The maximum atomic E-state index is 13.2. The van der Waals surface area contributed by atoms with Gasteiger partial charge in [0.25, 0.3) is 5.91 Å². The summed E-state index contributed by atoms with van der Waals surface area (Å²) < 4.78 is 37.3. The summed E-state index contributed by atoms with van der Waals surface area (Å²) in [6.45, 7) is 0. The van der Waals surface area contributed by atoms with Gasteiger partial charge in [-0.25, -0.2) is 12.8 Å². The van der Waals surface area contributed by atoms with Crippen LogP contribution in [0.2, 0.25) is 5.02 Å². The van der Waals surface area contributed by atoms with Crippen molar-refractivity contribution in [2.45, 2.75) is 4.90 Å². The lowest BCUT2D eigenvalue weighted by atomic mass is 10.2. The van der Waals surface area contributed by atoms with E-state index >= 15 is 0 Å². The first-order valence-corrected chi connectivity index (χ1v) is 9.82. The number of halogens is 2. The standard InChI is InChI=1S/C16H11ClFNO3S2/c1-24(21,22)13-7-10(17)6-12(8-13)19-16(20)15-5-9-4-11(18)2-3-14(9)23-15/h2-8H,1H3,(H,19,20). The zero-order chi connectivity index (χ0) is 17.5. The molecule has 1 amide bonds. The van der Waals surface area contributed by atoms with Crippen LogP contribution in [0.15, 0.2) is 47.4 Å². The smallest absolute Gasteiger partial charge is 0.265 e. The molecule has 1 aromatic heterocycles. The number of anilines is 1. The molecule has 0 aliphatic rings. The van der Waals surface area contributed by atoms with Crippen molar-refractivity contribution in [2.75, 3.05) is 11.6 Å². The number of hydrogen-bond acceptors (Lipinski definition) is 4. The van der Waals surface area contributed by atoms with E-state index in [-0.39, 0.29) is 21.4 Å². The minimum Gasteiger partial charge on any atom is -0.321 e. The van der Waals surface area contributed by atoms with Gasteiger partial charge in [0.2, 0.25) is 0 Å². The fourth-order valence-electron chi connectivity index (χ4n) is 2.17. The van der Waals surface area contributed by atoms with E-state index in [1.807, 2.05) is 0 Å². The highest BCUT2D eigenvalue weighted by atomic mass is 35.5. The van der Waals surface area contributed by atoms with Crippen molar-refractivity contribution in [2.24, 2.45) is 0 Å². The summed E-state index contributed by atoms with van der Waals surface area (Å²) >= 11 is 7.13. The number of carbonyl (C=O) groups is 1. The Morgan fingerprint density at radius 1 is 1.17 bits per heavy atom. The molecule has 0 aliphatic carbocycles. The first-order valence-electron chi connectivity index (χ1n) is 6.73. The summed E-state index contributed by atoms with van der Waals surface area (Å²) in [4.78, 5) is 12.8. The summed E-state index contributed by atoms with van der Waals surface area (Å²) in [5.74, 6) is -0.793. The molecule has 0 saturated heterocycles. The average molecular weight is 384 g/mol. The molecule has 0 aliphatic heterocycles. The molecule has 2 aromatic carbocycles. The molecule has 0 atom stereocenters. The van der Waals surface area contributed by atoms with Crippen molar-refractivity contribution < 1.29 is 17.6 Å². The van der Waals surface area contributed by atoms with Crippen molar-refractivity contribution in [1.82, 2.24) is 0 Å². The number of thiophene rings is 1. The third-order valence-corrected chi connectivity index (χ3v) is 5.68. The molecule has 3 aromatic rings. The van der Waals surface area contributed by atoms with Crippen molar-refractivity contribution in [3.8, 4) is 0 Å². The Morgan fingerprint density at radius 2 is 1.92 bits per heavy atom. The van der Waals surface area contributed by atoms with E-state index in [9.17, 15) is 17.6 Å². The van der Waals surface area contributed by atoms with Crippen LogP contribution in [0.25, 0.3) is 10.1 Å². The van der Waals surface area contributed by atoms with Crippen LogP contribution in [-0.4, -0.2) is 20.6 Å². The summed E-state index contributed by atoms with van der Waals surface area (Å²) in [7, 11) is -3.45. The van der Waals surface area contributed by atoms with Crippen LogP contribution in [0.1, 0.15) is 9.67 Å². The Balaban J connectivity index is 1.92. The van der Waals surface area contributed by atoms with Crippen LogP contribution >= 0.6 is 22.9 Å². The highest BCUT2D eigenvalue weighted by molar-refractivity contribution is 7.90. The fraction of sp³-hybridized carbons (Fsp3) is 0.0625. The van der Waals surface area contributed by atoms with Gasteiger partial charge in [0.05, 0.1) is 9.77 Å². The van der Waals surface area contributed by atoms with Crippen LogP contribution in [0.4, 0.5) is 10.1 Å². The van der Waals surface area contributed by atoms with Crippen molar-refractivity contribution >= 4 is 54.5 Å². The Labute approximate surface area is 146 Å². The van der Waals surface area contributed by atoms with Crippen LogP contribution in [0, 0.1) is 5.82 Å². The summed E-state index contributed by atoms with van der Waals surface area (Å²) in [6.07, 6.45) is 1.06. The van der Waals surface area contributed by atoms with Crippen LogP contribution in [0.3, 0.4) is 0 Å². The molecule has 1 N–H and O–H groups in total. The van der Waals surface area contributed by atoms with Gasteiger partial charge in [-0.2, -0.15) is 0 Å². The average Bonchev–Trinajstić information content (AvgIpc) is 2.88. The summed E-state index contributed by atoms with van der Waals surface area (Å²) in [5.41, 5.74) is 0.275. The molecule has 124 valence electrons. The highest BCUT2D eigenvalue weighted by Gasteiger charge is 2.14. The molecule has 1 heterocycles. The second kappa shape index (κ2) is 6.16. The van der Waals surface area contributed by atoms with E-state index in [1.54, 1.807) is 12.1 Å². The monoisotopic (exact) mass is 383 g/mol. The molecule has 4 nitrogen and oxygen atoms in total. The van der Waals surface area contributed by atoms with Gasteiger partial charge in [-0.15, -0.1) is 11.3 Å². The summed E-state index contributed by atoms with van der Waals surface area (Å²) in [5, 5.41) is 3.45. The number of fused-ring (bicyclic) bond motifs is 1. The lowest BCUT2D eigenvalue weighted by Gasteiger charge is -2.07. The lowest BCUT2D eigenvalue weighted by molar-refractivity contribution is 0.103. The third-order valence-electron chi connectivity index (χ3n) is 3.26. The maximum absolute atomic E-state index is 13.2. The predicted octanol–water partition coefficient (Wildman–Crippen LogP) is 4.35. The van der Waals surface area contributed by atoms with Crippen molar-refractivity contribution in [3.63, 3.8) is 0 Å². The van der Waals surface area contributed by atoms with E-state index < -0.39 is 15.7 Å². The molecule has 0 saturated carbocycles. The number of amides is 1. The molecular formula is C16H11ClFNO3S2. The minimum absolute atomic E-state index is 0.0173. The van der Waals surface area contributed by atoms with Gasteiger partial charge < -0.3 is 5.32 Å². The van der Waals surface area contributed by atoms with Gasteiger partial charge in [-0.1, -0.05) is 11.6 Å². The van der Waals surface area contributed by atoms with Crippen molar-refractivity contribution in [3.05, 3.63) is 58.2 Å². The second-order valence-electron chi connectivity index (χ2n) is 5.19. The van der Waals surface area contributed by atoms with E-state index in [1.165, 1.54) is 41.7 Å². The van der Waals surface area contributed by atoms with E-state index in [4.69, 9.17) is 11.6 Å². The number of rotatable bonds is 3. The van der Waals surface area contributed by atoms with Crippen molar-refractivity contribution in [1.29, 1.82) is 0 Å². The first kappa shape index (κ1) is 16.9. The quantitative estimate of drug-likeness (QED) is 0.731. The van der Waals surface area contributed by atoms with Gasteiger partial charge in [-0.05, 0) is 47.9 Å². The molecule has 0 radical (unpaired) electrons. The van der Waals surface area contributed by atoms with Gasteiger partial charge in [0, 0.05) is 21.7 Å². The van der Waals surface area contributed by atoms with E-state index in [2.05, 4.69) is 5.32 Å². The van der Waals surface area contributed by atoms with E-state index in [0.29, 0.717) is 10.3 Å². The first-order chi connectivity index (χ1) is 11.2. The van der Waals surface area contributed by atoms with Gasteiger partial charge in [0.15, 0.2) is 9.84 Å². The molecule has 0 unspecified atom stereocenters. The Bertz CT molecular complexity index is 1060. The summed E-state index contributed by atoms with van der Waals surface area (Å²) in [6, 6.07) is 9.98. The van der Waals surface area contributed by atoms with E-state index in [0.717, 1.165) is 11.0 Å². The number of sulfone groups is 1. The van der Waals surface area contributed by atoms with Gasteiger partial charge in [-0.3, -0.25) is 4.79 Å². The SMILES string of the molecule is CS(=O)(=O)c1cc(Cl)cc(NC(=O)c2cc3cc(F)ccc3s2)c1. The molecule has 0 bridgehead atoms. The van der Waals surface area contributed by atoms with Gasteiger partial charge >= 0.3 is 0 Å². The Hall–Kier alpha value is -1.96. The molecule has 0 fully saturated rings. The highest BCUT2D eigenvalue weighted by Crippen LogP contribution is 2.28. The predicted molar refractivity (Wildman–Crippen MR) is 94.3 cm³/mol. The minimum atomic E-state index is -3.45. The second-order valence-corrected chi connectivity index (χ2v) is 8.73. The normalized spacial score (nSPS) is 11.6. The van der Waals surface area contributed by atoms with Crippen LogP contribution in [0.5, 0.6) is 0 Å². The number of hydrogen-bond donors (Lipinski definition) is 1. The molecule has 3 rings (SSSR count). The number of benzene rings is 2. The molecule has 8 heteroatoms. The fourth-order valence-corrected chi connectivity index (χ4v) is 4.09. The number of nitrogens with one attached hydrogen (secondary N) is 1. The van der Waals surface area contributed by atoms with Crippen LogP contribution < -0.4 is 5.32 Å². The Kier molecular flexibility index (Phi) is 4.33. The zero-order valence-electron chi connectivity index (χ0n) is 12.3. The van der Waals surface area contributed by atoms with Crippen LogP contribution in [-0.2, 0) is 9.84 Å². The maximum Gasteiger partial charge on any atom is 0.265 e. The largest absolute Gasteiger partial charge is 0.321 e. The zero-order valence-corrected chi connectivity index (χ0v) is 14.7. The number of carbonyl (C=O) groups excluding carboxylic acids is 1. The lowest BCUT2D eigenvalue weighted by Crippen LogP contribution is -2.10. The Morgan fingerprint density at radius 3 is 2.62 bits per heavy atom. The topological polar surface area (TPSA) is 63.2 Å². The molecule has 0 spiro atoms. The molecular weight excluding hydrogens is 373 g/mol. The van der Waals surface area contributed by atoms with Gasteiger partial charge in [0.1, 0.15) is 5.82 Å².